The summed E-state index contributed by atoms with van der Waals surface area (Å²) in [5.41, 5.74) is 0. The first-order valence-corrected chi connectivity index (χ1v) is 12.3. The molecule has 3 aromatic carbocycles. The normalized spacial score (nSPS) is 26.6. The van der Waals surface area contributed by atoms with Gasteiger partial charge in [-0.25, -0.2) is 12.2 Å². The number of benzene rings is 2. The van der Waals surface area contributed by atoms with E-state index in [0.29, 0.717) is 0 Å². The molecule has 4 saturated carbocycles. The smallest absolute Gasteiger partial charge is 0.0771 e. The van der Waals surface area contributed by atoms with Crippen molar-refractivity contribution in [1.82, 2.24) is 0 Å². The minimum Gasteiger partial charge on any atom is -0.126 e. The van der Waals surface area contributed by atoms with Crippen molar-refractivity contribution in [1.29, 1.82) is 0 Å². The minimum atomic E-state index is 0. The maximum absolute atomic E-state index is 2.99. The van der Waals surface area contributed by atoms with Crippen molar-refractivity contribution in [2.24, 2.45) is 23.7 Å². The quantitative estimate of drug-likeness (QED) is 0.386. The van der Waals surface area contributed by atoms with Gasteiger partial charge in [-0.15, -0.1) is 46.2 Å². The van der Waals surface area contributed by atoms with Crippen molar-refractivity contribution in [3.05, 3.63) is 78.9 Å². The Morgan fingerprint density at radius 2 is 1.26 bits per heavy atom. The van der Waals surface area contributed by atoms with Crippen LogP contribution in [0.4, 0.5) is 0 Å². The summed E-state index contributed by atoms with van der Waals surface area (Å²) in [6.07, 6.45) is 17.9. The van der Waals surface area contributed by atoms with Crippen molar-refractivity contribution in [3.8, 4) is 0 Å². The van der Waals surface area contributed by atoms with Gasteiger partial charge in [0.2, 0.25) is 0 Å². The van der Waals surface area contributed by atoms with Crippen LogP contribution < -0.4 is 24.8 Å². The molecule has 0 atom stereocenters. The van der Waals surface area contributed by atoms with E-state index in [1.165, 1.54) is 21.5 Å². The molecule has 4 fully saturated rings. The SMILES string of the molecule is [C-]1=CC=CC1.[Cl-].[Cl-].[Zr+2]=[C]1C2CC3CC(C2)CC1C3.c1ccc2c(c1)[cH-]c1ccccc12. The third kappa shape index (κ3) is 5.55. The van der Waals surface area contributed by atoms with Crippen LogP contribution in [0.1, 0.15) is 38.5 Å². The zero-order valence-corrected chi connectivity index (χ0v) is 21.7. The van der Waals surface area contributed by atoms with Crippen molar-refractivity contribution in [2.45, 2.75) is 38.5 Å². The molecular formula is C28H28Cl2Zr-2. The van der Waals surface area contributed by atoms with E-state index in [4.69, 9.17) is 0 Å². The van der Waals surface area contributed by atoms with E-state index in [9.17, 15) is 0 Å². The van der Waals surface area contributed by atoms with Crippen LogP contribution in [-0.4, -0.2) is 3.21 Å². The van der Waals surface area contributed by atoms with E-state index < -0.39 is 0 Å². The first kappa shape index (κ1) is 24.8. The summed E-state index contributed by atoms with van der Waals surface area (Å²) in [5, 5.41) is 5.39. The van der Waals surface area contributed by atoms with Gasteiger partial charge < -0.3 is 24.8 Å². The molecule has 0 radical (unpaired) electrons. The van der Waals surface area contributed by atoms with Gasteiger partial charge in [-0.1, -0.05) is 36.4 Å². The van der Waals surface area contributed by atoms with E-state index in [2.05, 4.69) is 66.7 Å². The van der Waals surface area contributed by atoms with E-state index in [1.807, 2.05) is 15.4 Å². The van der Waals surface area contributed by atoms with Gasteiger partial charge in [0.05, 0.1) is 0 Å². The molecule has 0 heterocycles. The third-order valence-electron chi connectivity index (χ3n) is 7.13. The zero-order valence-electron chi connectivity index (χ0n) is 17.7. The Labute approximate surface area is 213 Å². The van der Waals surface area contributed by atoms with Gasteiger partial charge in [0, 0.05) is 0 Å². The Bertz CT molecular complexity index is 985. The number of hydrogen-bond acceptors (Lipinski definition) is 0. The molecule has 31 heavy (non-hydrogen) atoms. The van der Waals surface area contributed by atoms with Crippen LogP contribution >= 0.6 is 0 Å². The molecule has 0 aliphatic heterocycles. The van der Waals surface area contributed by atoms with Crippen molar-refractivity contribution < 1.29 is 49.0 Å². The number of hydrogen-bond donors (Lipinski definition) is 0. The van der Waals surface area contributed by atoms with Gasteiger partial charge in [0.1, 0.15) is 0 Å². The number of fused-ring (bicyclic) bond motifs is 3. The predicted octanol–water partition coefficient (Wildman–Crippen LogP) is 1.19. The van der Waals surface area contributed by atoms with Gasteiger partial charge in [-0.05, 0) is 0 Å². The molecule has 0 N–H and O–H groups in total. The maximum Gasteiger partial charge on any atom is -0.0771 e. The summed E-state index contributed by atoms with van der Waals surface area (Å²) in [7, 11) is 0. The first-order chi connectivity index (χ1) is 14.3. The van der Waals surface area contributed by atoms with Gasteiger partial charge in [-0.3, -0.25) is 6.08 Å². The molecule has 5 aliphatic carbocycles. The summed E-state index contributed by atoms with van der Waals surface area (Å²) in [6, 6.07) is 19.3. The maximum atomic E-state index is 2.99. The molecular weight excluding hydrogens is 498 g/mol. The molecule has 160 valence electrons. The Hall–Kier alpha value is -0.877. The molecule has 4 bridgehead atoms. The van der Waals surface area contributed by atoms with Crippen LogP contribution in [-0.2, 0) is 24.2 Å². The van der Waals surface area contributed by atoms with Crippen LogP contribution in [0.25, 0.3) is 21.5 Å². The molecule has 0 saturated heterocycles. The van der Waals surface area contributed by atoms with Crippen LogP contribution in [0.15, 0.2) is 72.8 Å². The summed E-state index contributed by atoms with van der Waals surface area (Å²) in [4.78, 5) is 0. The van der Waals surface area contributed by atoms with Crippen LogP contribution in [0.3, 0.4) is 0 Å². The summed E-state index contributed by atoms with van der Waals surface area (Å²) in [6.45, 7) is 0. The molecule has 0 nitrogen and oxygen atoms in total. The fraction of sp³-hybridized carbons (Fsp3) is 0.357. The predicted molar refractivity (Wildman–Crippen MR) is 121 cm³/mol. The van der Waals surface area contributed by atoms with Gasteiger partial charge >= 0.3 is 83.2 Å². The fourth-order valence-corrected chi connectivity index (χ4v) is 7.09. The molecule has 5 aliphatic rings. The van der Waals surface area contributed by atoms with Gasteiger partial charge in [0.15, 0.2) is 0 Å². The zero-order chi connectivity index (χ0) is 19.6. The standard InChI is InChI=1S/C13H9.C10H14.C5H5.2ClH.Zr/c1-3-7-12-10(5-1)9-11-6-2-4-8-13(11)12;1-7-2-9-4-8(1)5-10(3-7)6-9;1-2-4-5-3-1;;;/h1-9H;7-10H,1-5H2;1-3H,4H2;2*1H;/q-1;;-1;;;+2/p-2. The number of allylic oxidation sites excluding steroid dienone is 4. The second kappa shape index (κ2) is 11.3. The summed E-state index contributed by atoms with van der Waals surface area (Å²) in [5.74, 6) is 4.51. The minimum absolute atomic E-state index is 0. The van der Waals surface area contributed by atoms with E-state index in [-0.39, 0.29) is 24.8 Å². The van der Waals surface area contributed by atoms with Crippen LogP contribution in [0.2, 0.25) is 0 Å². The van der Waals surface area contributed by atoms with Gasteiger partial charge in [-0.2, -0.15) is 6.08 Å². The molecule has 0 aromatic heterocycles. The molecule has 3 aromatic rings. The Morgan fingerprint density at radius 3 is 1.68 bits per heavy atom. The average Bonchev–Trinajstić information content (AvgIpc) is 3.43. The third-order valence-corrected chi connectivity index (χ3v) is 9.13. The van der Waals surface area contributed by atoms with Crippen LogP contribution in [0, 0.1) is 29.7 Å². The number of halogens is 2. The molecule has 3 heteroatoms. The van der Waals surface area contributed by atoms with E-state index in [0.717, 1.165) is 30.1 Å². The van der Waals surface area contributed by atoms with Crippen molar-refractivity contribution in [2.75, 3.05) is 0 Å². The van der Waals surface area contributed by atoms with E-state index in [1.54, 1.807) is 56.3 Å². The molecule has 8 rings (SSSR count). The van der Waals surface area contributed by atoms with Crippen molar-refractivity contribution >= 4 is 24.8 Å². The molecule has 0 amide bonds. The fourth-order valence-electron chi connectivity index (χ4n) is 5.94. The Kier molecular flexibility index (Phi) is 9.04. The van der Waals surface area contributed by atoms with Gasteiger partial charge in [0.25, 0.3) is 0 Å². The van der Waals surface area contributed by atoms with E-state index >= 15 is 0 Å². The van der Waals surface area contributed by atoms with Crippen molar-refractivity contribution in [3.63, 3.8) is 0 Å². The second-order valence-electron chi connectivity index (χ2n) is 9.08. The first-order valence-electron chi connectivity index (χ1n) is 11.1. The second-order valence-corrected chi connectivity index (χ2v) is 10.5. The Morgan fingerprint density at radius 1 is 0.742 bits per heavy atom. The average molecular weight is 527 g/mol. The summed E-state index contributed by atoms with van der Waals surface area (Å²) >= 11 is 1.76. The number of rotatable bonds is 0. The Balaban J connectivity index is 0.000000138. The summed E-state index contributed by atoms with van der Waals surface area (Å²) < 4.78 is 1.96. The van der Waals surface area contributed by atoms with Crippen LogP contribution in [0.5, 0.6) is 0 Å². The monoisotopic (exact) mass is 524 g/mol. The molecule has 0 spiro atoms. The largest absolute Gasteiger partial charge is 0.126 e. The topological polar surface area (TPSA) is 0 Å². The molecule has 0 unspecified atom stereocenters.